The maximum absolute atomic E-state index is 12.5. The van der Waals surface area contributed by atoms with Crippen molar-refractivity contribution in [2.75, 3.05) is 0 Å². The van der Waals surface area contributed by atoms with Crippen LogP contribution in [0.3, 0.4) is 0 Å². The van der Waals surface area contributed by atoms with E-state index in [9.17, 15) is 9.59 Å². The Balaban J connectivity index is 2.58. The Morgan fingerprint density at radius 3 is 1.43 bits per heavy atom. The molecule has 0 aliphatic rings. The van der Waals surface area contributed by atoms with Crippen LogP contribution in [0.2, 0.25) is 0 Å². The first-order valence-electron chi connectivity index (χ1n) is 7.44. The first kappa shape index (κ1) is 17.6. The lowest BCUT2D eigenvalue weighted by Gasteiger charge is -2.36. The Morgan fingerprint density at radius 2 is 1.22 bits per heavy atom. The summed E-state index contributed by atoms with van der Waals surface area (Å²) >= 11 is 1.34. The van der Waals surface area contributed by atoms with E-state index in [0.29, 0.717) is 11.5 Å². The first-order valence-corrected chi connectivity index (χ1v) is 8.26. The molecule has 0 saturated heterocycles. The number of hydrogen-bond donors (Lipinski definition) is 0. The van der Waals surface area contributed by atoms with E-state index < -0.39 is 9.49 Å². The summed E-state index contributed by atoms with van der Waals surface area (Å²) in [6, 6.07) is 3.60. The lowest BCUT2D eigenvalue weighted by Crippen LogP contribution is -2.37. The number of carbonyl (C=O) groups is 2. The molecular weight excluding hydrogens is 312 g/mol. The molecule has 0 aliphatic carbocycles. The third kappa shape index (κ3) is 2.90. The zero-order valence-corrected chi connectivity index (χ0v) is 15.2. The summed E-state index contributed by atoms with van der Waals surface area (Å²) in [5, 5.41) is 0. The molecule has 5 heteroatoms. The van der Waals surface area contributed by atoms with Crippen molar-refractivity contribution in [2.24, 2.45) is 0 Å². The van der Waals surface area contributed by atoms with Gasteiger partial charge in [-0.2, -0.15) is 0 Å². The number of carbonyl (C=O) groups excluding carboxylic acids is 2. The summed E-state index contributed by atoms with van der Waals surface area (Å²) in [6.07, 6.45) is 3.14. The van der Waals surface area contributed by atoms with Crippen LogP contribution in [0.5, 0.6) is 0 Å². The largest absolute Gasteiger partial charge is 0.469 e. The van der Waals surface area contributed by atoms with Gasteiger partial charge in [0.15, 0.2) is 0 Å². The summed E-state index contributed by atoms with van der Waals surface area (Å²) in [5.74, 6) is 1.32. The van der Waals surface area contributed by atoms with Crippen LogP contribution in [0, 0.1) is 13.8 Å². The van der Waals surface area contributed by atoms with Crippen LogP contribution in [0.4, 0.5) is 0 Å². The van der Waals surface area contributed by atoms with E-state index in [2.05, 4.69) is 0 Å². The van der Waals surface area contributed by atoms with E-state index >= 15 is 0 Å². The van der Waals surface area contributed by atoms with Gasteiger partial charge in [0.25, 0.3) is 0 Å². The third-order valence-corrected chi connectivity index (χ3v) is 6.33. The number of rotatable bonds is 6. The van der Waals surface area contributed by atoms with Crippen molar-refractivity contribution < 1.29 is 18.4 Å². The molecule has 23 heavy (non-hydrogen) atoms. The Bertz CT molecular complexity index is 680. The second-order valence-electron chi connectivity index (χ2n) is 6.06. The van der Waals surface area contributed by atoms with Gasteiger partial charge in [-0.15, -0.1) is 11.8 Å². The summed E-state index contributed by atoms with van der Waals surface area (Å²) in [5.41, 5.74) is 1.59. The quantitative estimate of drug-likeness (QED) is 0.776. The minimum Gasteiger partial charge on any atom is -0.469 e. The smallest absolute Gasteiger partial charge is 0.150 e. The van der Waals surface area contributed by atoms with Gasteiger partial charge in [-0.3, -0.25) is 9.59 Å². The van der Waals surface area contributed by atoms with Gasteiger partial charge >= 0.3 is 0 Å². The molecule has 2 rings (SSSR count). The zero-order valence-electron chi connectivity index (χ0n) is 14.4. The summed E-state index contributed by atoms with van der Waals surface area (Å²) in [4.78, 5) is 24.9. The van der Waals surface area contributed by atoms with Gasteiger partial charge in [-0.25, -0.2) is 0 Å². The van der Waals surface area contributed by atoms with Gasteiger partial charge < -0.3 is 8.83 Å². The second kappa shape index (κ2) is 6.04. The van der Waals surface area contributed by atoms with Gasteiger partial charge in [-0.05, 0) is 53.7 Å². The van der Waals surface area contributed by atoms with Crippen LogP contribution in [0.25, 0.3) is 0 Å². The molecule has 124 valence electrons. The molecule has 0 radical (unpaired) electrons. The molecule has 2 unspecified atom stereocenters. The SMILES string of the molecule is CC(=O)C(C)(SC(C)(C(C)=O)c1ccoc1C)c1ccoc1C. The number of ketones is 2. The fraction of sp³-hybridized carbons (Fsp3) is 0.444. The van der Waals surface area contributed by atoms with Crippen molar-refractivity contribution >= 4 is 23.3 Å². The second-order valence-corrected chi connectivity index (χ2v) is 7.90. The van der Waals surface area contributed by atoms with Crippen molar-refractivity contribution in [3.05, 3.63) is 47.3 Å². The Labute approximate surface area is 140 Å². The van der Waals surface area contributed by atoms with Crippen molar-refractivity contribution in [1.82, 2.24) is 0 Å². The average Bonchev–Trinajstić information content (AvgIpc) is 3.07. The van der Waals surface area contributed by atoms with Crippen LogP contribution >= 0.6 is 11.8 Å². The van der Waals surface area contributed by atoms with E-state index in [1.165, 1.54) is 11.8 Å². The maximum Gasteiger partial charge on any atom is 0.150 e. The van der Waals surface area contributed by atoms with Crippen LogP contribution in [0.1, 0.15) is 50.3 Å². The summed E-state index contributed by atoms with van der Waals surface area (Å²) in [6.45, 7) is 10.4. The van der Waals surface area contributed by atoms with E-state index in [1.54, 1.807) is 38.5 Å². The van der Waals surface area contributed by atoms with Gasteiger partial charge in [-0.1, -0.05) is 0 Å². The molecule has 0 fully saturated rings. The predicted octanol–water partition coefficient (Wildman–Crippen LogP) is 4.53. The van der Waals surface area contributed by atoms with Crippen molar-refractivity contribution in [3.8, 4) is 0 Å². The summed E-state index contributed by atoms with van der Waals surface area (Å²) in [7, 11) is 0. The molecule has 2 aromatic heterocycles. The fourth-order valence-corrected chi connectivity index (χ4v) is 4.55. The molecule has 0 amide bonds. The van der Waals surface area contributed by atoms with Gasteiger partial charge in [0.2, 0.25) is 0 Å². The highest BCUT2D eigenvalue weighted by atomic mass is 32.2. The number of thioether (sulfide) groups is 1. The van der Waals surface area contributed by atoms with Crippen LogP contribution in [-0.4, -0.2) is 11.6 Å². The van der Waals surface area contributed by atoms with Gasteiger partial charge in [0.1, 0.15) is 32.6 Å². The maximum atomic E-state index is 12.5. The van der Waals surface area contributed by atoms with E-state index in [0.717, 1.165) is 11.1 Å². The van der Waals surface area contributed by atoms with Gasteiger partial charge in [0, 0.05) is 11.1 Å². The fourth-order valence-electron chi connectivity index (χ4n) is 2.80. The average molecular weight is 334 g/mol. The van der Waals surface area contributed by atoms with Crippen LogP contribution in [-0.2, 0) is 19.1 Å². The molecule has 2 atom stereocenters. The Hall–Kier alpha value is -1.75. The number of Topliss-reactive ketones (excluding diaryl/α,β-unsaturated/α-hetero) is 2. The third-order valence-electron chi connectivity index (χ3n) is 4.50. The van der Waals surface area contributed by atoms with Crippen LogP contribution < -0.4 is 0 Å². The molecular formula is C18H22O4S. The highest BCUT2D eigenvalue weighted by Crippen LogP contribution is 2.51. The van der Waals surface area contributed by atoms with E-state index in [-0.39, 0.29) is 11.6 Å². The highest BCUT2D eigenvalue weighted by Gasteiger charge is 2.46. The van der Waals surface area contributed by atoms with Crippen molar-refractivity contribution in [2.45, 2.75) is 51.0 Å². The minimum absolute atomic E-state index is 0.0272. The highest BCUT2D eigenvalue weighted by molar-refractivity contribution is 8.02. The lowest BCUT2D eigenvalue weighted by atomic mass is 9.95. The molecule has 0 aromatic carbocycles. The normalized spacial score (nSPS) is 16.6. The molecule has 2 heterocycles. The molecule has 0 N–H and O–H groups in total. The number of hydrogen-bond acceptors (Lipinski definition) is 5. The Kier molecular flexibility index (Phi) is 4.62. The predicted molar refractivity (Wildman–Crippen MR) is 90.5 cm³/mol. The monoisotopic (exact) mass is 334 g/mol. The molecule has 2 aromatic rings. The molecule has 0 aliphatic heterocycles. The topological polar surface area (TPSA) is 60.4 Å². The minimum atomic E-state index is -0.888. The van der Waals surface area contributed by atoms with Crippen molar-refractivity contribution in [1.29, 1.82) is 0 Å². The van der Waals surface area contributed by atoms with E-state index in [1.807, 2.05) is 27.7 Å². The first-order chi connectivity index (χ1) is 10.6. The van der Waals surface area contributed by atoms with E-state index in [4.69, 9.17) is 8.83 Å². The Morgan fingerprint density at radius 1 is 0.870 bits per heavy atom. The zero-order chi connectivity index (χ0) is 17.4. The molecule has 0 bridgehead atoms. The lowest BCUT2D eigenvalue weighted by molar-refractivity contribution is -0.119. The molecule has 0 spiro atoms. The van der Waals surface area contributed by atoms with Gasteiger partial charge in [0.05, 0.1) is 12.5 Å². The van der Waals surface area contributed by atoms with Crippen LogP contribution in [0.15, 0.2) is 33.5 Å². The number of aryl methyl sites for hydroxylation is 2. The summed E-state index contributed by atoms with van der Waals surface area (Å²) < 4.78 is 8.99. The number of furan rings is 2. The molecule has 4 nitrogen and oxygen atoms in total. The molecule has 0 saturated carbocycles. The standard InChI is InChI=1S/C18H22O4S/c1-11-15(7-9-21-11)17(5,13(3)19)23-18(6,14(4)20)16-8-10-22-12(16)2/h7-10H,1-6H3. The van der Waals surface area contributed by atoms with Crippen molar-refractivity contribution in [3.63, 3.8) is 0 Å².